The van der Waals surface area contributed by atoms with Crippen LogP contribution in [0.15, 0.2) is 24.3 Å². The molecule has 1 aliphatic heterocycles. The van der Waals surface area contributed by atoms with Crippen LogP contribution in [-0.2, 0) is 4.74 Å². The third-order valence-corrected chi connectivity index (χ3v) is 4.75. The fourth-order valence-electron chi connectivity index (χ4n) is 2.59. The predicted octanol–water partition coefficient (Wildman–Crippen LogP) is 2.41. The van der Waals surface area contributed by atoms with Crippen molar-refractivity contribution in [3.8, 4) is 11.5 Å². The van der Waals surface area contributed by atoms with Gasteiger partial charge in [-0.1, -0.05) is 0 Å². The van der Waals surface area contributed by atoms with E-state index in [-0.39, 0.29) is 30.8 Å². The number of carbonyl (C=O) groups excluding carboxylic acids is 2. The van der Waals surface area contributed by atoms with E-state index < -0.39 is 5.97 Å². The first-order valence-electron chi connectivity index (χ1n) is 7.75. The van der Waals surface area contributed by atoms with E-state index in [2.05, 4.69) is 9.97 Å². The van der Waals surface area contributed by atoms with Crippen LogP contribution in [0.2, 0.25) is 0 Å². The SMILES string of the molecule is CCOC(=O)c1cc2c(C(=O)c3ccc4c(c3)OCO4)nc(N)nc2s1. The number of nitrogens with two attached hydrogens (primary N) is 1. The number of benzene rings is 1. The van der Waals surface area contributed by atoms with Crippen LogP contribution < -0.4 is 15.2 Å². The second-order valence-corrected chi connectivity index (χ2v) is 6.41. The maximum absolute atomic E-state index is 13.0. The van der Waals surface area contributed by atoms with Gasteiger partial charge in [0.15, 0.2) is 11.5 Å². The monoisotopic (exact) mass is 371 g/mol. The average Bonchev–Trinajstić information content (AvgIpc) is 3.26. The van der Waals surface area contributed by atoms with E-state index in [1.807, 2.05) is 0 Å². The predicted molar refractivity (Wildman–Crippen MR) is 93.8 cm³/mol. The molecule has 3 heterocycles. The van der Waals surface area contributed by atoms with E-state index in [1.54, 1.807) is 31.2 Å². The summed E-state index contributed by atoms with van der Waals surface area (Å²) in [7, 11) is 0. The van der Waals surface area contributed by atoms with E-state index >= 15 is 0 Å². The average molecular weight is 371 g/mol. The summed E-state index contributed by atoms with van der Waals surface area (Å²) >= 11 is 1.10. The number of anilines is 1. The molecule has 0 radical (unpaired) electrons. The number of thiophene rings is 1. The third kappa shape index (κ3) is 2.72. The molecule has 1 aliphatic rings. The molecule has 1 aromatic carbocycles. The van der Waals surface area contributed by atoms with E-state index in [9.17, 15) is 9.59 Å². The minimum absolute atomic E-state index is 0.0427. The van der Waals surface area contributed by atoms with Crippen LogP contribution in [0.25, 0.3) is 10.2 Å². The third-order valence-electron chi connectivity index (χ3n) is 3.74. The number of ketones is 1. The number of ether oxygens (including phenoxy) is 3. The van der Waals surface area contributed by atoms with Crippen molar-refractivity contribution in [2.24, 2.45) is 0 Å². The Hall–Kier alpha value is -3.20. The highest BCUT2D eigenvalue weighted by molar-refractivity contribution is 7.20. The number of aromatic nitrogens is 2. The lowest BCUT2D eigenvalue weighted by molar-refractivity contribution is 0.0532. The molecule has 3 aromatic rings. The minimum atomic E-state index is -0.476. The number of esters is 1. The minimum Gasteiger partial charge on any atom is -0.462 e. The van der Waals surface area contributed by atoms with Crippen molar-refractivity contribution >= 4 is 39.3 Å². The van der Waals surface area contributed by atoms with Gasteiger partial charge in [0.2, 0.25) is 18.5 Å². The van der Waals surface area contributed by atoms with Gasteiger partial charge in [0.05, 0.1) is 6.61 Å². The van der Waals surface area contributed by atoms with Crippen LogP contribution in [0.3, 0.4) is 0 Å². The highest BCUT2D eigenvalue weighted by Crippen LogP contribution is 2.34. The first-order chi connectivity index (χ1) is 12.6. The lowest BCUT2D eigenvalue weighted by atomic mass is 10.1. The van der Waals surface area contributed by atoms with Gasteiger partial charge in [0, 0.05) is 10.9 Å². The molecule has 0 spiro atoms. The molecule has 2 N–H and O–H groups in total. The van der Waals surface area contributed by atoms with Crippen LogP contribution in [0.1, 0.15) is 32.6 Å². The molecule has 0 amide bonds. The Bertz CT molecular complexity index is 1050. The highest BCUT2D eigenvalue weighted by Gasteiger charge is 2.23. The summed E-state index contributed by atoms with van der Waals surface area (Å²) in [5, 5.41) is 0.454. The number of hydrogen-bond acceptors (Lipinski definition) is 9. The first-order valence-corrected chi connectivity index (χ1v) is 8.57. The Kier molecular flexibility index (Phi) is 3.92. The largest absolute Gasteiger partial charge is 0.462 e. The molecule has 0 saturated heterocycles. The molecule has 0 atom stereocenters. The molecule has 2 aromatic heterocycles. The molecule has 9 heteroatoms. The fraction of sp³-hybridized carbons (Fsp3) is 0.176. The van der Waals surface area contributed by atoms with E-state index in [0.717, 1.165) is 11.3 Å². The second kappa shape index (κ2) is 6.26. The van der Waals surface area contributed by atoms with Crippen molar-refractivity contribution in [2.45, 2.75) is 6.92 Å². The number of carbonyl (C=O) groups is 2. The van der Waals surface area contributed by atoms with Crippen LogP contribution in [0.4, 0.5) is 5.95 Å². The Morgan fingerprint density at radius 2 is 2.04 bits per heavy atom. The van der Waals surface area contributed by atoms with Crippen LogP contribution >= 0.6 is 11.3 Å². The summed E-state index contributed by atoms with van der Waals surface area (Å²) in [6.07, 6.45) is 0. The van der Waals surface area contributed by atoms with Gasteiger partial charge in [-0.2, -0.15) is 0 Å². The number of fused-ring (bicyclic) bond motifs is 2. The first kappa shape index (κ1) is 16.3. The van der Waals surface area contributed by atoms with Gasteiger partial charge >= 0.3 is 5.97 Å². The molecule has 0 bridgehead atoms. The van der Waals surface area contributed by atoms with Crippen molar-refractivity contribution in [3.05, 3.63) is 40.4 Å². The van der Waals surface area contributed by atoms with E-state index in [0.29, 0.717) is 32.2 Å². The number of nitrogen functional groups attached to an aromatic ring is 1. The van der Waals surface area contributed by atoms with E-state index in [1.165, 1.54) is 0 Å². The van der Waals surface area contributed by atoms with Crippen LogP contribution in [-0.4, -0.2) is 35.1 Å². The van der Waals surface area contributed by atoms with Gasteiger partial charge in [-0.25, -0.2) is 14.8 Å². The number of hydrogen-bond donors (Lipinski definition) is 1. The zero-order valence-electron chi connectivity index (χ0n) is 13.6. The lowest BCUT2D eigenvalue weighted by Gasteiger charge is -2.04. The van der Waals surface area contributed by atoms with Crippen molar-refractivity contribution in [2.75, 3.05) is 19.1 Å². The Labute approximate surface area is 151 Å². The summed E-state index contributed by atoms with van der Waals surface area (Å²) < 4.78 is 15.6. The molecular weight excluding hydrogens is 358 g/mol. The van der Waals surface area contributed by atoms with Crippen molar-refractivity contribution in [1.29, 1.82) is 0 Å². The summed E-state index contributed by atoms with van der Waals surface area (Å²) in [6.45, 7) is 2.09. The standard InChI is InChI=1S/C17H13N3O5S/c1-2-23-16(22)12-6-9-13(19-17(18)20-15(9)26-12)14(21)8-3-4-10-11(5-8)25-7-24-10/h3-6H,2,7H2,1H3,(H2,18,19,20). The van der Waals surface area contributed by atoms with Crippen molar-refractivity contribution < 1.29 is 23.8 Å². The molecule has 4 rings (SSSR count). The Balaban J connectivity index is 1.80. The molecule has 132 valence electrons. The summed E-state index contributed by atoms with van der Waals surface area (Å²) in [6, 6.07) is 6.43. The topological polar surface area (TPSA) is 114 Å². The van der Waals surface area contributed by atoms with Gasteiger partial charge < -0.3 is 19.9 Å². The lowest BCUT2D eigenvalue weighted by Crippen LogP contribution is -2.08. The molecule has 0 unspecified atom stereocenters. The summed E-state index contributed by atoms with van der Waals surface area (Å²) in [5.41, 5.74) is 6.24. The Morgan fingerprint density at radius 3 is 2.85 bits per heavy atom. The second-order valence-electron chi connectivity index (χ2n) is 5.38. The molecule has 26 heavy (non-hydrogen) atoms. The van der Waals surface area contributed by atoms with Crippen molar-refractivity contribution in [3.63, 3.8) is 0 Å². The van der Waals surface area contributed by atoms with Crippen molar-refractivity contribution in [1.82, 2.24) is 9.97 Å². The van der Waals surface area contributed by atoms with Gasteiger partial charge in [-0.05, 0) is 31.2 Å². The fourth-order valence-corrected chi connectivity index (χ4v) is 3.52. The normalized spacial score (nSPS) is 12.3. The van der Waals surface area contributed by atoms with Crippen LogP contribution in [0, 0.1) is 0 Å². The van der Waals surface area contributed by atoms with Gasteiger partial charge in [0.25, 0.3) is 0 Å². The quantitative estimate of drug-likeness (QED) is 0.549. The smallest absolute Gasteiger partial charge is 0.348 e. The van der Waals surface area contributed by atoms with Crippen LogP contribution in [0.5, 0.6) is 11.5 Å². The summed E-state index contributed by atoms with van der Waals surface area (Å²) in [4.78, 5) is 33.9. The Morgan fingerprint density at radius 1 is 1.23 bits per heavy atom. The van der Waals surface area contributed by atoms with Gasteiger partial charge in [0.1, 0.15) is 15.4 Å². The number of rotatable bonds is 4. The molecule has 0 saturated carbocycles. The van der Waals surface area contributed by atoms with Gasteiger partial charge in [-0.15, -0.1) is 11.3 Å². The maximum Gasteiger partial charge on any atom is 0.348 e. The molecule has 8 nitrogen and oxygen atoms in total. The van der Waals surface area contributed by atoms with E-state index in [4.69, 9.17) is 19.9 Å². The molecule has 0 aliphatic carbocycles. The summed E-state index contributed by atoms with van der Waals surface area (Å²) in [5.74, 6) is 0.200. The highest BCUT2D eigenvalue weighted by atomic mass is 32.1. The maximum atomic E-state index is 13.0. The zero-order chi connectivity index (χ0) is 18.3. The molecular formula is C17H13N3O5S. The van der Waals surface area contributed by atoms with Gasteiger partial charge in [-0.3, -0.25) is 4.79 Å². The molecule has 0 fully saturated rings. The zero-order valence-corrected chi connectivity index (χ0v) is 14.5. The number of nitrogens with zero attached hydrogens (tertiary/aromatic N) is 2.